The van der Waals surface area contributed by atoms with Gasteiger partial charge >= 0.3 is 11.9 Å². The topological polar surface area (TPSA) is 76.1 Å². The minimum absolute atomic E-state index is 0.0791. The molecule has 0 heterocycles. The van der Waals surface area contributed by atoms with Crippen molar-refractivity contribution in [3.05, 3.63) is 54.7 Å². The number of carboxylic acid groups (broad SMARTS) is 1. The third-order valence-corrected chi connectivity index (χ3v) is 7.13. The van der Waals surface area contributed by atoms with Crippen molar-refractivity contribution in [1.82, 2.24) is 0 Å². The number of rotatable bonds is 17. The Labute approximate surface area is 242 Å². The molecule has 2 aromatic rings. The Hall–Kier alpha value is -1.56. The SMILES string of the molecule is CCOC(=O)CCc1c(CCCCCCN(C)c2cc(I)cc(I)c2)cccc1OCCCC(=O)O. The number of aliphatic carboxylic acids is 1. The predicted molar refractivity (Wildman–Crippen MR) is 161 cm³/mol. The molecule has 0 amide bonds. The first-order valence-electron chi connectivity index (χ1n) is 12.6. The average molecular weight is 721 g/mol. The highest BCUT2D eigenvalue weighted by molar-refractivity contribution is 14.1. The van der Waals surface area contributed by atoms with Gasteiger partial charge in [0.05, 0.1) is 13.2 Å². The number of ether oxygens (including phenoxy) is 2. The van der Waals surface area contributed by atoms with Crippen molar-refractivity contribution in [3.8, 4) is 5.75 Å². The Morgan fingerprint density at radius 2 is 1.67 bits per heavy atom. The lowest BCUT2D eigenvalue weighted by Gasteiger charge is -2.20. The quantitative estimate of drug-likeness (QED) is 0.109. The molecule has 0 aliphatic heterocycles. The summed E-state index contributed by atoms with van der Waals surface area (Å²) in [4.78, 5) is 25.1. The molecule has 0 bridgehead atoms. The highest BCUT2D eigenvalue weighted by atomic mass is 127. The number of hydrogen-bond acceptors (Lipinski definition) is 5. The summed E-state index contributed by atoms with van der Waals surface area (Å²) in [6.07, 6.45) is 6.83. The van der Waals surface area contributed by atoms with Crippen molar-refractivity contribution in [2.75, 3.05) is 31.7 Å². The van der Waals surface area contributed by atoms with E-state index in [2.05, 4.69) is 81.4 Å². The zero-order valence-corrected chi connectivity index (χ0v) is 25.5. The van der Waals surface area contributed by atoms with Gasteiger partial charge in [0, 0.05) is 39.3 Å². The van der Waals surface area contributed by atoms with E-state index in [9.17, 15) is 9.59 Å². The summed E-state index contributed by atoms with van der Waals surface area (Å²) in [5.74, 6) is -0.290. The van der Waals surface area contributed by atoms with Crippen molar-refractivity contribution in [2.45, 2.75) is 64.7 Å². The summed E-state index contributed by atoms with van der Waals surface area (Å²) in [6.45, 7) is 3.55. The molecule has 2 rings (SSSR count). The number of aryl methyl sites for hydroxylation is 1. The first-order valence-corrected chi connectivity index (χ1v) is 14.7. The minimum Gasteiger partial charge on any atom is -0.493 e. The van der Waals surface area contributed by atoms with Crippen LogP contribution in [0.5, 0.6) is 5.75 Å². The fourth-order valence-electron chi connectivity index (χ4n) is 4.04. The van der Waals surface area contributed by atoms with Crippen LogP contribution in [0.15, 0.2) is 36.4 Å². The van der Waals surface area contributed by atoms with Crippen molar-refractivity contribution < 1.29 is 24.2 Å². The molecular weight excluding hydrogens is 684 g/mol. The van der Waals surface area contributed by atoms with Crippen LogP contribution in [0.3, 0.4) is 0 Å². The number of carbonyl (C=O) groups excluding carboxylic acids is 1. The van der Waals surface area contributed by atoms with Crippen LogP contribution in [-0.4, -0.2) is 43.9 Å². The van der Waals surface area contributed by atoms with Gasteiger partial charge in [-0.1, -0.05) is 25.0 Å². The molecule has 0 saturated carbocycles. The standard InChI is InChI=1S/C28H37I2NO5/c1-3-35-28(34)15-14-25-21(11-8-12-26(25)36-17-9-13-27(32)33)10-6-4-5-7-16-31(2)24-19-22(29)18-23(30)20-24/h8,11-12,18-20H,3-7,9-10,13-17H2,1-2H3,(H,32,33). The first-order chi connectivity index (χ1) is 17.3. The highest BCUT2D eigenvalue weighted by Crippen LogP contribution is 2.27. The van der Waals surface area contributed by atoms with Crippen LogP contribution in [0.4, 0.5) is 5.69 Å². The number of carbonyl (C=O) groups is 2. The van der Waals surface area contributed by atoms with E-state index in [1.807, 2.05) is 19.1 Å². The van der Waals surface area contributed by atoms with Gasteiger partial charge in [-0.15, -0.1) is 0 Å². The summed E-state index contributed by atoms with van der Waals surface area (Å²) in [5.41, 5.74) is 3.49. The molecule has 0 aliphatic carbocycles. The number of halogens is 2. The van der Waals surface area contributed by atoms with E-state index >= 15 is 0 Å². The molecule has 198 valence electrons. The van der Waals surface area contributed by atoms with Crippen molar-refractivity contribution in [2.24, 2.45) is 0 Å². The van der Waals surface area contributed by atoms with Crippen molar-refractivity contribution in [3.63, 3.8) is 0 Å². The van der Waals surface area contributed by atoms with E-state index in [1.54, 1.807) is 0 Å². The van der Waals surface area contributed by atoms with Gasteiger partial charge in [-0.05, 0) is 120 Å². The van der Waals surface area contributed by atoms with Gasteiger partial charge in [0.1, 0.15) is 5.75 Å². The summed E-state index contributed by atoms with van der Waals surface area (Å²) in [6, 6.07) is 12.6. The fraction of sp³-hybridized carbons (Fsp3) is 0.500. The zero-order chi connectivity index (χ0) is 26.3. The van der Waals surface area contributed by atoms with Gasteiger partial charge in [0.15, 0.2) is 0 Å². The summed E-state index contributed by atoms with van der Waals surface area (Å²) >= 11 is 4.73. The second-order valence-corrected chi connectivity index (χ2v) is 11.2. The molecule has 6 nitrogen and oxygen atoms in total. The number of carboxylic acids is 1. The van der Waals surface area contributed by atoms with Crippen LogP contribution in [0.1, 0.15) is 63.0 Å². The summed E-state index contributed by atoms with van der Waals surface area (Å²) < 4.78 is 13.6. The number of benzene rings is 2. The van der Waals surface area contributed by atoms with E-state index in [0.717, 1.165) is 50.0 Å². The minimum atomic E-state index is -0.825. The summed E-state index contributed by atoms with van der Waals surface area (Å²) in [5, 5.41) is 8.86. The molecular formula is C28H37I2NO5. The maximum Gasteiger partial charge on any atom is 0.306 e. The first kappa shape index (κ1) is 30.7. The highest BCUT2D eigenvalue weighted by Gasteiger charge is 2.13. The van der Waals surface area contributed by atoms with Gasteiger partial charge in [0.25, 0.3) is 0 Å². The van der Waals surface area contributed by atoms with Crippen LogP contribution >= 0.6 is 45.2 Å². The lowest BCUT2D eigenvalue weighted by Crippen LogP contribution is -2.18. The predicted octanol–water partition coefficient (Wildman–Crippen LogP) is 6.87. The fourth-order valence-corrected chi connectivity index (χ4v) is 5.94. The normalized spacial score (nSPS) is 10.8. The summed E-state index contributed by atoms with van der Waals surface area (Å²) in [7, 11) is 2.15. The smallest absolute Gasteiger partial charge is 0.306 e. The number of unbranched alkanes of at least 4 members (excludes halogenated alkanes) is 3. The Balaban J connectivity index is 1.87. The lowest BCUT2D eigenvalue weighted by molar-refractivity contribution is -0.143. The molecule has 0 aliphatic rings. The Morgan fingerprint density at radius 3 is 2.36 bits per heavy atom. The molecule has 2 aromatic carbocycles. The molecule has 0 unspecified atom stereocenters. The Kier molecular flexibility index (Phi) is 14.5. The van der Waals surface area contributed by atoms with E-state index in [1.165, 1.54) is 18.4 Å². The van der Waals surface area contributed by atoms with Crippen molar-refractivity contribution in [1.29, 1.82) is 0 Å². The molecule has 1 N–H and O–H groups in total. The van der Waals surface area contributed by atoms with Gasteiger partial charge in [-0.2, -0.15) is 0 Å². The maximum absolute atomic E-state index is 12.0. The Bertz CT molecular complexity index is 962. The number of nitrogens with zero attached hydrogens (tertiary/aromatic N) is 1. The zero-order valence-electron chi connectivity index (χ0n) is 21.2. The van der Waals surface area contributed by atoms with Gasteiger partial charge < -0.3 is 19.5 Å². The van der Waals surface area contributed by atoms with Crippen LogP contribution < -0.4 is 9.64 Å². The van der Waals surface area contributed by atoms with E-state index in [0.29, 0.717) is 32.5 Å². The second-order valence-electron chi connectivity index (χ2n) is 8.76. The second kappa shape index (κ2) is 17.0. The lowest BCUT2D eigenvalue weighted by atomic mass is 9.96. The molecule has 0 fully saturated rings. The maximum atomic E-state index is 12.0. The molecule has 0 radical (unpaired) electrons. The van der Waals surface area contributed by atoms with Gasteiger partial charge in [-0.3, -0.25) is 9.59 Å². The van der Waals surface area contributed by atoms with E-state index in [4.69, 9.17) is 14.6 Å². The number of hydrogen-bond donors (Lipinski definition) is 1. The number of esters is 1. The third kappa shape index (κ3) is 11.7. The van der Waals surface area contributed by atoms with Gasteiger partial charge in [-0.25, -0.2) is 0 Å². The van der Waals surface area contributed by atoms with E-state index in [-0.39, 0.29) is 12.4 Å². The monoisotopic (exact) mass is 721 g/mol. The molecule has 0 saturated heterocycles. The molecule has 8 heteroatoms. The van der Waals surface area contributed by atoms with Crippen LogP contribution in [0.25, 0.3) is 0 Å². The molecule has 0 spiro atoms. The molecule has 0 aromatic heterocycles. The largest absolute Gasteiger partial charge is 0.493 e. The van der Waals surface area contributed by atoms with Gasteiger partial charge in [0.2, 0.25) is 0 Å². The molecule has 0 atom stereocenters. The average Bonchev–Trinajstić information content (AvgIpc) is 2.82. The van der Waals surface area contributed by atoms with Crippen LogP contribution in [-0.2, 0) is 27.2 Å². The van der Waals surface area contributed by atoms with Crippen LogP contribution in [0, 0.1) is 7.14 Å². The molecule has 36 heavy (non-hydrogen) atoms. The Morgan fingerprint density at radius 1 is 0.944 bits per heavy atom. The van der Waals surface area contributed by atoms with Crippen LogP contribution in [0.2, 0.25) is 0 Å². The van der Waals surface area contributed by atoms with E-state index < -0.39 is 5.97 Å². The number of anilines is 1. The van der Waals surface area contributed by atoms with Crippen molar-refractivity contribution >= 4 is 62.8 Å². The third-order valence-electron chi connectivity index (χ3n) is 5.88.